The minimum absolute atomic E-state index is 0.195. The van der Waals surface area contributed by atoms with Gasteiger partial charge < -0.3 is 5.73 Å². The van der Waals surface area contributed by atoms with Gasteiger partial charge in [0.1, 0.15) is 0 Å². The summed E-state index contributed by atoms with van der Waals surface area (Å²) in [6.45, 7) is 2.01. The van der Waals surface area contributed by atoms with E-state index >= 15 is 0 Å². The molecule has 1 aromatic carbocycles. The number of thiazole rings is 1. The van der Waals surface area contributed by atoms with Gasteiger partial charge in [0.25, 0.3) is 0 Å². The molecule has 0 aliphatic rings. The molecule has 1 heterocycles. The Morgan fingerprint density at radius 1 is 1.46 bits per heavy atom. The van der Waals surface area contributed by atoms with Crippen molar-refractivity contribution in [3.05, 3.63) is 29.3 Å². The number of nitrogens with two attached hydrogens (primary N) is 1. The van der Waals surface area contributed by atoms with Gasteiger partial charge in [0.15, 0.2) is 0 Å². The van der Waals surface area contributed by atoms with Crippen molar-refractivity contribution < 1.29 is 0 Å². The van der Waals surface area contributed by atoms with Crippen LogP contribution in [-0.2, 0) is 6.42 Å². The third kappa shape index (κ3) is 1.87. The Kier molecular flexibility index (Phi) is 2.29. The molecule has 2 nitrogen and oxygen atoms in total. The molecule has 1 aromatic heterocycles. The lowest BCUT2D eigenvalue weighted by atomic mass is 10.3. The van der Waals surface area contributed by atoms with Gasteiger partial charge in [-0.05, 0) is 19.1 Å². The van der Waals surface area contributed by atoms with Crippen molar-refractivity contribution >= 4 is 21.6 Å². The lowest BCUT2D eigenvalue weighted by molar-refractivity contribution is 0.735. The van der Waals surface area contributed by atoms with Crippen molar-refractivity contribution in [2.24, 2.45) is 5.73 Å². The maximum Gasteiger partial charge on any atom is 0.0953 e. The predicted octanol–water partition coefficient (Wildman–Crippen LogP) is 2.19. The fourth-order valence-corrected chi connectivity index (χ4v) is 2.39. The average molecular weight is 192 g/mol. The highest BCUT2D eigenvalue weighted by Gasteiger charge is 2.04. The Hall–Kier alpha value is -0.930. The van der Waals surface area contributed by atoms with Crippen LogP contribution in [0.25, 0.3) is 10.2 Å². The number of para-hydroxylation sites is 1. The Morgan fingerprint density at radius 3 is 2.92 bits per heavy atom. The molecule has 0 spiro atoms. The first-order valence-corrected chi connectivity index (χ1v) is 5.17. The summed E-state index contributed by atoms with van der Waals surface area (Å²) in [4.78, 5) is 4.49. The first kappa shape index (κ1) is 8.66. The molecule has 68 valence electrons. The first-order valence-electron chi connectivity index (χ1n) is 4.36. The van der Waals surface area contributed by atoms with Gasteiger partial charge in [-0.2, -0.15) is 0 Å². The molecule has 0 radical (unpaired) electrons. The summed E-state index contributed by atoms with van der Waals surface area (Å²) in [7, 11) is 0. The second kappa shape index (κ2) is 3.44. The molecule has 2 rings (SSSR count). The van der Waals surface area contributed by atoms with E-state index in [1.807, 2.05) is 25.1 Å². The molecule has 0 aliphatic heterocycles. The lowest BCUT2D eigenvalue weighted by Gasteiger charge is -1.98. The number of benzene rings is 1. The zero-order valence-corrected chi connectivity index (χ0v) is 8.34. The van der Waals surface area contributed by atoms with Gasteiger partial charge in [0.05, 0.1) is 15.2 Å². The summed E-state index contributed by atoms with van der Waals surface area (Å²) < 4.78 is 1.25. The van der Waals surface area contributed by atoms with Crippen LogP contribution in [0, 0.1) is 0 Å². The van der Waals surface area contributed by atoms with Gasteiger partial charge in [-0.15, -0.1) is 11.3 Å². The quantitative estimate of drug-likeness (QED) is 0.792. The molecule has 3 heteroatoms. The number of hydrogen-bond acceptors (Lipinski definition) is 3. The summed E-state index contributed by atoms with van der Waals surface area (Å²) in [5.74, 6) is 0. The lowest BCUT2D eigenvalue weighted by Crippen LogP contribution is -2.17. The molecule has 0 saturated carbocycles. The van der Waals surface area contributed by atoms with Crippen LogP contribution in [0.2, 0.25) is 0 Å². The Morgan fingerprint density at radius 2 is 2.23 bits per heavy atom. The van der Waals surface area contributed by atoms with E-state index in [-0.39, 0.29) is 6.04 Å². The number of nitrogens with zero attached hydrogens (tertiary/aromatic N) is 1. The summed E-state index contributed by atoms with van der Waals surface area (Å²) in [5, 5.41) is 1.14. The van der Waals surface area contributed by atoms with Crippen LogP contribution in [0.1, 0.15) is 11.9 Å². The normalized spacial score (nSPS) is 13.4. The van der Waals surface area contributed by atoms with E-state index in [9.17, 15) is 0 Å². The van der Waals surface area contributed by atoms with Gasteiger partial charge in [-0.1, -0.05) is 12.1 Å². The van der Waals surface area contributed by atoms with Gasteiger partial charge in [0, 0.05) is 12.5 Å². The van der Waals surface area contributed by atoms with Crippen LogP contribution in [0.15, 0.2) is 24.3 Å². The number of rotatable bonds is 2. The smallest absolute Gasteiger partial charge is 0.0953 e. The minimum Gasteiger partial charge on any atom is -0.328 e. The van der Waals surface area contributed by atoms with Gasteiger partial charge in [-0.25, -0.2) is 4.98 Å². The van der Waals surface area contributed by atoms with E-state index in [0.717, 1.165) is 16.9 Å². The fraction of sp³-hybridized carbons (Fsp3) is 0.300. The van der Waals surface area contributed by atoms with Crippen LogP contribution in [0.3, 0.4) is 0 Å². The molecule has 0 bridgehead atoms. The Bertz CT molecular complexity index is 373. The van der Waals surface area contributed by atoms with Gasteiger partial charge in [0.2, 0.25) is 0 Å². The van der Waals surface area contributed by atoms with Gasteiger partial charge >= 0.3 is 0 Å². The van der Waals surface area contributed by atoms with Crippen molar-refractivity contribution in [3.63, 3.8) is 0 Å². The van der Waals surface area contributed by atoms with E-state index in [4.69, 9.17) is 5.73 Å². The highest BCUT2D eigenvalue weighted by molar-refractivity contribution is 7.18. The minimum atomic E-state index is 0.195. The highest BCUT2D eigenvalue weighted by atomic mass is 32.1. The van der Waals surface area contributed by atoms with Crippen molar-refractivity contribution in [1.29, 1.82) is 0 Å². The maximum absolute atomic E-state index is 5.71. The van der Waals surface area contributed by atoms with Crippen molar-refractivity contribution in [2.45, 2.75) is 19.4 Å². The third-order valence-electron chi connectivity index (χ3n) is 1.83. The van der Waals surface area contributed by atoms with Crippen LogP contribution in [-0.4, -0.2) is 11.0 Å². The van der Waals surface area contributed by atoms with E-state index in [1.165, 1.54) is 4.70 Å². The maximum atomic E-state index is 5.71. The van der Waals surface area contributed by atoms with Gasteiger partial charge in [-0.3, -0.25) is 0 Å². The molecule has 0 unspecified atom stereocenters. The standard InChI is InChI=1S/C10H12N2S/c1-7(11)6-10-12-8-4-2-3-5-9(8)13-10/h2-5,7H,6,11H2,1H3/t7-/m0/s1. The van der Waals surface area contributed by atoms with Crippen molar-refractivity contribution in [1.82, 2.24) is 4.98 Å². The Balaban J connectivity index is 2.38. The number of aromatic nitrogens is 1. The van der Waals surface area contributed by atoms with Crippen LogP contribution >= 0.6 is 11.3 Å². The van der Waals surface area contributed by atoms with E-state index in [2.05, 4.69) is 11.1 Å². The average Bonchev–Trinajstić information content (AvgIpc) is 2.44. The van der Waals surface area contributed by atoms with Crippen LogP contribution in [0.4, 0.5) is 0 Å². The number of hydrogen-bond donors (Lipinski definition) is 1. The molecule has 0 fully saturated rings. The van der Waals surface area contributed by atoms with E-state index in [0.29, 0.717) is 0 Å². The topological polar surface area (TPSA) is 38.9 Å². The zero-order valence-electron chi connectivity index (χ0n) is 7.53. The second-order valence-corrected chi connectivity index (χ2v) is 4.37. The second-order valence-electron chi connectivity index (χ2n) is 3.26. The highest BCUT2D eigenvalue weighted by Crippen LogP contribution is 2.21. The molecule has 2 aromatic rings. The van der Waals surface area contributed by atoms with Crippen molar-refractivity contribution in [3.8, 4) is 0 Å². The molecule has 0 amide bonds. The van der Waals surface area contributed by atoms with Crippen molar-refractivity contribution in [2.75, 3.05) is 0 Å². The van der Waals surface area contributed by atoms with Crippen LogP contribution < -0.4 is 5.73 Å². The summed E-state index contributed by atoms with van der Waals surface area (Å²) in [6, 6.07) is 8.38. The van der Waals surface area contributed by atoms with E-state index in [1.54, 1.807) is 11.3 Å². The molecular weight excluding hydrogens is 180 g/mol. The number of fused-ring (bicyclic) bond motifs is 1. The Labute approximate surface area is 81.4 Å². The molecule has 2 N–H and O–H groups in total. The largest absolute Gasteiger partial charge is 0.328 e. The SMILES string of the molecule is C[C@H](N)Cc1nc2ccccc2s1. The molecule has 1 atom stereocenters. The molecular formula is C10H12N2S. The monoisotopic (exact) mass is 192 g/mol. The predicted molar refractivity (Wildman–Crippen MR) is 57.0 cm³/mol. The molecule has 13 heavy (non-hydrogen) atoms. The summed E-state index contributed by atoms with van der Waals surface area (Å²) in [5.41, 5.74) is 6.80. The first-order chi connectivity index (χ1) is 6.25. The summed E-state index contributed by atoms with van der Waals surface area (Å²) >= 11 is 1.73. The zero-order chi connectivity index (χ0) is 9.26. The fourth-order valence-electron chi connectivity index (χ4n) is 1.28. The third-order valence-corrected chi connectivity index (χ3v) is 2.89. The molecule has 0 saturated heterocycles. The van der Waals surface area contributed by atoms with Crippen LogP contribution in [0.5, 0.6) is 0 Å². The molecule has 0 aliphatic carbocycles. The van der Waals surface area contributed by atoms with E-state index < -0.39 is 0 Å². The summed E-state index contributed by atoms with van der Waals surface area (Å²) in [6.07, 6.45) is 0.874.